The van der Waals surface area contributed by atoms with Crippen LogP contribution in [0.5, 0.6) is 5.75 Å². The highest BCUT2D eigenvalue weighted by atomic mass is 16.5. The SMILES string of the molecule is CCCC(COC)Nc1cc(N)cc(OCC)c1. The third-order valence-electron chi connectivity index (χ3n) is 2.62. The van der Waals surface area contributed by atoms with Gasteiger partial charge in [-0.3, -0.25) is 0 Å². The molecule has 0 bridgehead atoms. The highest BCUT2D eigenvalue weighted by Gasteiger charge is 2.08. The number of hydrogen-bond donors (Lipinski definition) is 2. The molecule has 0 saturated heterocycles. The van der Waals surface area contributed by atoms with Crippen molar-refractivity contribution >= 4 is 11.4 Å². The van der Waals surface area contributed by atoms with Gasteiger partial charge in [0, 0.05) is 36.7 Å². The molecule has 0 aliphatic carbocycles. The highest BCUT2D eigenvalue weighted by Crippen LogP contribution is 2.23. The first-order valence-corrected chi connectivity index (χ1v) is 6.48. The Bertz CT molecular complexity index is 350. The van der Waals surface area contributed by atoms with Crippen molar-refractivity contribution in [3.05, 3.63) is 18.2 Å². The molecule has 0 aromatic heterocycles. The Labute approximate surface area is 109 Å². The van der Waals surface area contributed by atoms with Crippen molar-refractivity contribution in [3.8, 4) is 5.75 Å². The van der Waals surface area contributed by atoms with Gasteiger partial charge >= 0.3 is 0 Å². The third kappa shape index (κ3) is 4.84. The van der Waals surface area contributed by atoms with E-state index >= 15 is 0 Å². The van der Waals surface area contributed by atoms with Crippen LogP contribution in [-0.2, 0) is 4.74 Å². The Morgan fingerprint density at radius 3 is 2.67 bits per heavy atom. The lowest BCUT2D eigenvalue weighted by molar-refractivity contribution is 0.182. The van der Waals surface area contributed by atoms with E-state index in [9.17, 15) is 0 Å². The van der Waals surface area contributed by atoms with Gasteiger partial charge in [0.05, 0.1) is 13.2 Å². The van der Waals surface area contributed by atoms with Crippen molar-refractivity contribution in [2.75, 3.05) is 31.4 Å². The molecule has 0 aliphatic rings. The third-order valence-corrected chi connectivity index (χ3v) is 2.62. The van der Waals surface area contributed by atoms with E-state index < -0.39 is 0 Å². The fourth-order valence-corrected chi connectivity index (χ4v) is 1.94. The summed E-state index contributed by atoms with van der Waals surface area (Å²) in [6, 6.07) is 6.02. The van der Waals surface area contributed by atoms with E-state index in [1.807, 2.05) is 25.1 Å². The monoisotopic (exact) mass is 252 g/mol. The van der Waals surface area contributed by atoms with Crippen LogP contribution in [0.25, 0.3) is 0 Å². The number of benzene rings is 1. The minimum atomic E-state index is 0.302. The first kappa shape index (κ1) is 14.6. The number of rotatable bonds is 8. The largest absolute Gasteiger partial charge is 0.494 e. The zero-order valence-electron chi connectivity index (χ0n) is 11.5. The van der Waals surface area contributed by atoms with E-state index in [0.717, 1.165) is 24.3 Å². The van der Waals surface area contributed by atoms with E-state index in [1.54, 1.807) is 7.11 Å². The van der Waals surface area contributed by atoms with Crippen LogP contribution in [0.4, 0.5) is 11.4 Å². The number of nitrogens with two attached hydrogens (primary N) is 1. The normalized spacial score (nSPS) is 12.2. The van der Waals surface area contributed by atoms with Gasteiger partial charge in [-0.05, 0) is 19.4 Å². The van der Waals surface area contributed by atoms with Crippen LogP contribution in [0.15, 0.2) is 18.2 Å². The smallest absolute Gasteiger partial charge is 0.123 e. The lowest BCUT2D eigenvalue weighted by Gasteiger charge is -2.19. The van der Waals surface area contributed by atoms with Crippen LogP contribution >= 0.6 is 0 Å². The van der Waals surface area contributed by atoms with Crippen molar-refractivity contribution in [3.63, 3.8) is 0 Å². The molecule has 102 valence electrons. The van der Waals surface area contributed by atoms with E-state index in [2.05, 4.69) is 12.2 Å². The van der Waals surface area contributed by atoms with E-state index in [-0.39, 0.29) is 0 Å². The molecule has 18 heavy (non-hydrogen) atoms. The molecule has 0 aliphatic heterocycles. The topological polar surface area (TPSA) is 56.5 Å². The molecular weight excluding hydrogens is 228 g/mol. The van der Waals surface area contributed by atoms with Crippen LogP contribution < -0.4 is 15.8 Å². The number of nitrogen functional groups attached to an aromatic ring is 1. The average Bonchev–Trinajstić information content (AvgIpc) is 2.29. The maximum absolute atomic E-state index is 5.86. The predicted molar refractivity (Wildman–Crippen MR) is 76.2 cm³/mol. The number of nitrogens with one attached hydrogen (secondary N) is 1. The molecule has 4 nitrogen and oxygen atoms in total. The van der Waals surface area contributed by atoms with Crippen molar-refractivity contribution < 1.29 is 9.47 Å². The fourth-order valence-electron chi connectivity index (χ4n) is 1.94. The number of hydrogen-bond acceptors (Lipinski definition) is 4. The maximum atomic E-state index is 5.86. The van der Waals surface area contributed by atoms with E-state index in [4.69, 9.17) is 15.2 Å². The van der Waals surface area contributed by atoms with Crippen LogP contribution in [-0.4, -0.2) is 26.4 Å². The van der Waals surface area contributed by atoms with Crippen LogP contribution in [0.3, 0.4) is 0 Å². The second-order valence-corrected chi connectivity index (χ2v) is 4.31. The van der Waals surface area contributed by atoms with Crippen molar-refractivity contribution in [2.45, 2.75) is 32.7 Å². The van der Waals surface area contributed by atoms with Crippen LogP contribution in [0.1, 0.15) is 26.7 Å². The maximum Gasteiger partial charge on any atom is 0.123 e. The van der Waals surface area contributed by atoms with E-state index in [0.29, 0.717) is 24.9 Å². The second kappa shape index (κ2) is 7.82. The van der Waals surface area contributed by atoms with Gasteiger partial charge in [-0.15, -0.1) is 0 Å². The Kier molecular flexibility index (Phi) is 6.36. The molecule has 1 aromatic carbocycles. The van der Waals surface area contributed by atoms with Crippen molar-refractivity contribution in [1.29, 1.82) is 0 Å². The van der Waals surface area contributed by atoms with Crippen LogP contribution in [0.2, 0.25) is 0 Å². The molecule has 1 unspecified atom stereocenters. The molecule has 1 aromatic rings. The first-order chi connectivity index (χ1) is 8.69. The minimum Gasteiger partial charge on any atom is -0.494 e. The summed E-state index contributed by atoms with van der Waals surface area (Å²) in [5.41, 5.74) is 7.55. The predicted octanol–water partition coefficient (Wildman–Crippen LogP) is 2.89. The minimum absolute atomic E-state index is 0.302. The van der Waals surface area contributed by atoms with Gasteiger partial charge in [0.25, 0.3) is 0 Å². The molecule has 0 saturated carbocycles. The zero-order chi connectivity index (χ0) is 13.4. The van der Waals surface area contributed by atoms with Crippen LogP contribution in [0, 0.1) is 0 Å². The second-order valence-electron chi connectivity index (χ2n) is 4.31. The number of methoxy groups -OCH3 is 1. The van der Waals surface area contributed by atoms with Gasteiger partial charge in [-0.1, -0.05) is 13.3 Å². The van der Waals surface area contributed by atoms with Gasteiger partial charge in [-0.2, -0.15) is 0 Å². The standard InChI is InChI=1S/C14H24N2O2/c1-4-6-12(10-17-3)16-13-7-11(15)8-14(9-13)18-5-2/h7-9,12,16H,4-6,10,15H2,1-3H3. The van der Waals surface area contributed by atoms with E-state index in [1.165, 1.54) is 0 Å². The summed E-state index contributed by atoms with van der Waals surface area (Å²) in [4.78, 5) is 0. The molecule has 3 N–H and O–H groups in total. The Morgan fingerprint density at radius 1 is 1.28 bits per heavy atom. The lowest BCUT2D eigenvalue weighted by atomic mass is 10.1. The first-order valence-electron chi connectivity index (χ1n) is 6.48. The van der Waals surface area contributed by atoms with Gasteiger partial charge in [0.15, 0.2) is 0 Å². The zero-order valence-corrected chi connectivity index (χ0v) is 11.5. The summed E-state index contributed by atoms with van der Waals surface area (Å²) >= 11 is 0. The molecule has 0 heterocycles. The summed E-state index contributed by atoms with van der Waals surface area (Å²) in [6.45, 7) is 5.45. The van der Waals surface area contributed by atoms with Gasteiger partial charge in [0.1, 0.15) is 5.75 Å². The number of anilines is 2. The molecule has 1 rings (SSSR count). The van der Waals surface area contributed by atoms with Crippen molar-refractivity contribution in [1.82, 2.24) is 0 Å². The lowest BCUT2D eigenvalue weighted by Crippen LogP contribution is -2.24. The molecule has 0 fully saturated rings. The molecule has 0 amide bonds. The Balaban J connectivity index is 2.74. The van der Waals surface area contributed by atoms with Crippen molar-refractivity contribution in [2.24, 2.45) is 0 Å². The average molecular weight is 252 g/mol. The molecule has 0 spiro atoms. The Morgan fingerprint density at radius 2 is 2.06 bits per heavy atom. The van der Waals surface area contributed by atoms with Gasteiger partial charge in [-0.25, -0.2) is 0 Å². The summed E-state index contributed by atoms with van der Waals surface area (Å²) < 4.78 is 10.7. The molecule has 4 heteroatoms. The fraction of sp³-hybridized carbons (Fsp3) is 0.571. The Hall–Kier alpha value is -1.42. The van der Waals surface area contributed by atoms with Gasteiger partial charge in [0.2, 0.25) is 0 Å². The summed E-state index contributed by atoms with van der Waals surface area (Å²) in [5.74, 6) is 0.799. The summed E-state index contributed by atoms with van der Waals surface area (Å²) in [5, 5.41) is 3.44. The summed E-state index contributed by atoms with van der Waals surface area (Å²) in [6.07, 6.45) is 2.17. The number of ether oxygens (including phenoxy) is 2. The quantitative estimate of drug-likeness (QED) is 0.698. The highest BCUT2D eigenvalue weighted by molar-refractivity contribution is 5.59. The summed E-state index contributed by atoms with van der Waals surface area (Å²) in [7, 11) is 1.72. The molecule has 0 radical (unpaired) electrons. The molecular formula is C14H24N2O2. The van der Waals surface area contributed by atoms with Gasteiger partial charge < -0.3 is 20.5 Å². The molecule has 1 atom stereocenters.